The molecule has 0 unspecified atom stereocenters. The smallest absolute Gasteiger partial charge is 0.162 e. The van der Waals surface area contributed by atoms with Crippen LogP contribution in [0.5, 0.6) is 0 Å². The number of nitrogens with one attached hydrogen (secondary N) is 3. The van der Waals surface area contributed by atoms with Crippen molar-refractivity contribution in [3.05, 3.63) is 154 Å². The molecule has 3 aliphatic heterocycles. The van der Waals surface area contributed by atoms with Crippen LogP contribution in [-0.2, 0) is 19.5 Å². The van der Waals surface area contributed by atoms with Gasteiger partial charge >= 0.3 is 0 Å². The molecule has 0 spiro atoms. The summed E-state index contributed by atoms with van der Waals surface area (Å²) in [6.45, 7) is -31.7. The van der Waals surface area contributed by atoms with Gasteiger partial charge < -0.3 is 15.9 Å². The van der Waals surface area contributed by atoms with Crippen molar-refractivity contribution in [2.75, 3.05) is 54.9 Å². The van der Waals surface area contributed by atoms with E-state index in [9.17, 15) is 20.2 Å². The molecule has 0 bridgehead atoms. The number of piperidine rings is 3. The minimum absolute atomic E-state index is 0.00428. The number of aromatic nitrogens is 6. The van der Waals surface area contributed by atoms with Crippen molar-refractivity contribution in [2.24, 2.45) is 0 Å². The van der Waals surface area contributed by atoms with E-state index >= 15 is 0 Å². The Morgan fingerprint density at radius 2 is 0.927 bits per heavy atom. The molecule has 3 N–H and O–H groups in total. The Balaban J connectivity index is 0.000000200. The summed E-state index contributed by atoms with van der Waals surface area (Å²) in [4.78, 5) is 21.0. The summed E-state index contributed by atoms with van der Waals surface area (Å²) in [6, 6.07) is -12.4. The average Bonchev–Trinajstić information content (AvgIpc) is 0.712. The first-order valence-corrected chi connectivity index (χ1v) is 26.1. The molecule has 0 atom stereocenters. The molecule has 9 aromatic rings. The van der Waals surface area contributed by atoms with E-state index in [1.807, 2.05) is 0 Å². The third kappa shape index (κ3) is 14.7. The Kier molecular flexibility index (Phi) is 8.11. The number of nitriles is 3. The van der Waals surface area contributed by atoms with E-state index in [1.165, 1.54) is 19.9 Å². The van der Waals surface area contributed by atoms with Crippen LogP contribution in [0.25, 0.3) is 30.6 Å². The predicted octanol–water partition coefficient (Wildman–Crippen LogP) is 13.9. The van der Waals surface area contributed by atoms with E-state index in [0.29, 0.717) is 11.3 Å². The van der Waals surface area contributed by atoms with Crippen molar-refractivity contribution in [3.8, 4) is 18.2 Å². The van der Waals surface area contributed by atoms with Crippen LogP contribution in [0.1, 0.15) is 147 Å². The van der Waals surface area contributed by atoms with Crippen LogP contribution in [0.4, 0.5) is 21.8 Å². The monoisotopic (exact) mass is 1260 g/mol. The fourth-order valence-electron chi connectivity index (χ4n) is 6.45. The van der Waals surface area contributed by atoms with Crippen LogP contribution < -0.4 is 15.9 Å². The number of nitrogens with zero attached hydrogens (tertiary/aromatic N) is 12. The SMILES string of the molecule is [2H]c1c(C)c(F)c(C#N)c([2H])c1C([2H])([2H])N1C([2H])([2H])C([2H])([2H])C([2H])(N([2H])c2ncnc3sc(Cl)c([2H])c23)C([2H])([2H])C1([2H])[2H].[2H]c1cc(C)c(C#N)c([2H])c1C([2H])([2H])N1C([2H])([2H])C([2H])([2H])C([2H])(N([2H])c2ncnc3sc(Cl)c([2H])c23)C([2H])([2H])C1([2H])[2H].[2H]c1nc(N([2H])C2([2H])C([2H])([2H])C([2H])([2H])N(C([2H])([2H])c3c([2H])cc(C)c(C#N)c3[2H])C([2H])([2H])C2([2H])[2H])c2c([2H])c(Cl)sc2n1. The first-order chi connectivity index (χ1) is 57.7. The number of rotatable bonds is 12. The molecule has 3 saturated heterocycles. The summed E-state index contributed by atoms with van der Waals surface area (Å²) >= 11 is 20.2. The van der Waals surface area contributed by atoms with Crippen LogP contribution >= 0.6 is 68.8 Å². The zero-order chi connectivity index (χ0) is 98.3. The zero-order valence-electron chi connectivity index (χ0n) is 87.3. The second-order valence-corrected chi connectivity index (χ2v) is 20.5. The molecule has 3 aliphatic rings. The maximum Gasteiger partial charge on any atom is 0.162 e. The van der Waals surface area contributed by atoms with Gasteiger partial charge in [0.05, 0.1) is 74.4 Å². The molecule has 0 saturated carbocycles. The van der Waals surface area contributed by atoms with Crippen molar-refractivity contribution in [1.82, 2.24) is 44.6 Å². The molecular formula is C60H59Cl3FN15S3. The van der Waals surface area contributed by atoms with Crippen molar-refractivity contribution in [3.63, 3.8) is 0 Å². The van der Waals surface area contributed by atoms with Gasteiger partial charge in [0.25, 0.3) is 0 Å². The third-order valence-electron chi connectivity index (χ3n) is 10.2. The highest BCUT2D eigenvalue weighted by molar-refractivity contribution is 7.23. The molecule has 0 radical (unpaired) electrons. The van der Waals surface area contributed by atoms with E-state index in [4.69, 9.17) is 98.0 Å². The minimum Gasteiger partial charge on any atom is -0.367 e. The van der Waals surface area contributed by atoms with E-state index in [-0.39, 0.29) is 65.3 Å². The Morgan fingerprint density at radius 3 is 1.33 bits per heavy atom. The quantitative estimate of drug-likeness (QED) is 0.104. The van der Waals surface area contributed by atoms with Crippen LogP contribution in [0.15, 0.2) is 85.5 Å². The summed E-state index contributed by atoms with van der Waals surface area (Å²) in [6.07, 6.45) is -23.4. The molecule has 0 aliphatic carbocycles. The number of fused-ring (bicyclic) bond motifs is 3. The normalized spacial score (nSPS) is 32.9. The van der Waals surface area contributed by atoms with Gasteiger partial charge in [-0.3, -0.25) is 14.7 Å². The summed E-state index contributed by atoms with van der Waals surface area (Å²) in [5, 5.41) is 26.5. The Labute approximate surface area is 568 Å². The highest BCUT2D eigenvalue weighted by Gasteiger charge is 2.25. The number of thiophene rings is 3. The van der Waals surface area contributed by atoms with Crippen molar-refractivity contribution in [2.45, 2.75) is 96.6 Å². The van der Waals surface area contributed by atoms with E-state index in [2.05, 4.69) is 29.9 Å². The van der Waals surface area contributed by atoms with Gasteiger partial charge in [-0.1, -0.05) is 65.1 Å². The maximum atomic E-state index is 14.6. The lowest BCUT2D eigenvalue weighted by Crippen LogP contribution is -2.38. The van der Waals surface area contributed by atoms with Gasteiger partial charge in [-0.25, -0.2) is 34.3 Å². The molecular weight excluding hydrogens is 1150 g/mol. The summed E-state index contributed by atoms with van der Waals surface area (Å²) in [7, 11) is 0. The molecule has 420 valence electrons. The number of hydrogen-bond donors (Lipinski definition) is 3. The van der Waals surface area contributed by atoms with Crippen LogP contribution in [0.2, 0.25) is 17.2 Å². The number of benzene rings is 3. The molecule has 0 amide bonds. The number of hydrogen-bond acceptors (Lipinski definition) is 18. The fourth-order valence-corrected chi connectivity index (χ4v) is 9.38. The predicted molar refractivity (Wildman–Crippen MR) is 331 cm³/mol. The lowest BCUT2D eigenvalue weighted by molar-refractivity contribution is 0.211. The average molecular weight is 1260 g/mol. The number of aryl methyl sites for hydroxylation is 2. The fraction of sp³-hybridized carbons (Fsp3) is 0.350. The van der Waals surface area contributed by atoms with E-state index < -0.39 is 258 Å². The molecule has 6 aromatic heterocycles. The van der Waals surface area contributed by atoms with Crippen LogP contribution in [0, 0.1) is 60.6 Å². The Hall–Kier alpha value is -6.67. The van der Waals surface area contributed by atoms with Gasteiger partial charge in [0.2, 0.25) is 0 Å². The first-order valence-electron chi connectivity index (χ1n) is 45.3. The van der Waals surface area contributed by atoms with Crippen LogP contribution in [-0.4, -0.2) is 102 Å². The van der Waals surface area contributed by atoms with E-state index in [1.54, 1.807) is 12.1 Å². The molecule has 9 heterocycles. The summed E-state index contributed by atoms with van der Waals surface area (Å²) in [5.74, 6) is -3.83. The third-order valence-corrected chi connectivity index (χ3v) is 13.5. The zero-order valence-corrected chi connectivity index (χ0v) is 46.0. The van der Waals surface area contributed by atoms with Gasteiger partial charge in [0.1, 0.15) is 64.2 Å². The highest BCUT2D eigenvalue weighted by Crippen LogP contribution is 2.35. The Bertz CT molecular complexity index is 6150. The maximum absolute atomic E-state index is 14.6. The molecule has 3 aromatic carbocycles. The second-order valence-electron chi connectivity index (χ2n) is 15.7. The second kappa shape index (κ2) is 27.2. The number of likely N-dealkylation sites (tertiary alicyclic amines) is 3. The largest absolute Gasteiger partial charge is 0.367 e. The lowest BCUT2D eigenvalue weighted by atomic mass is 10.0. The van der Waals surface area contributed by atoms with Gasteiger partial charge in [0, 0.05) is 118 Å². The van der Waals surface area contributed by atoms with Gasteiger partial charge in [-0.05, 0) is 129 Å². The molecule has 82 heavy (non-hydrogen) atoms. The van der Waals surface area contributed by atoms with Gasteiger partial charge in [-0.2, -0.15) is 15.8 Å². The summed E-state index contributed by atoms with van der Waals surface area (Å²) < 4.78 is 411. The summed E-state index contributed by atoms with van der Waals surface area (Å²) in [5.41, 5.74) is -5.78. The lowest BCUT2D eigenvalue weighted by Gasteiger charge is -2.32. The molecule has 22 heteroatoms. The number of anilines is 3. The first kappa shape index (κ1) is 24.5. The highest BCUT2D eigenvalue weighted by atomic mass is 35.5. The topological polar surface area (TPSA) is 195 Å². The van der Waals surface area contributed by atoms with E-state index in [0.717, 1.165) is 54.4 Å². The van der Waals surface area contributed by atoms with Crippen molar-refractivity contribution in [1.29, 1.82) is 15.8 Å². The van der Waals surface area contributed by atoms with Gasteiger partial charge in [0.15, 0.2) is 4.24 Å². The van der Waals surface area contributed by atoms with Gasteiger partial charge in [-0.15, -0.1) is 34.0 Å². The van der Waals surface area contributed by atoms with Crippen molar-refractivity contribution >= 4 is 117 Å². The van der Waals surface area contributed by atoms with Crippen LogP contribution in [0.3, 0.4) is 0 Å². The molecule has 3 fully saturated rings. The molecule has 12 rings (SSSR count). The number of halogens is 4. The molecule has 15 nitrogen and oxygen atoms in total. The Morgan fingerprint density at radius 1 is 0.561 bits per heavy atom. The van der Waals surface area contributed by atoms with Crippen molar-refractivity contribution < 1.29 is 67.6 Å². The standard InChI is InChI=1S/C20H19ClFN5S.2C20H20ClN5S/c1-12-6-13(7-14(9-23)18(12)22)10-27-4-2-15(3-5-27)26-19-16-8-17(21)28-20(16)25-11-24-19;2*1-13-2-3-14(8-15(13)10-22)11-26-6-4-16(5-7-26)25-19-17-9-18(21)27-20(17)24-12-23-19/h6-8,11,15H,2-5,10H2,1H3,(H,24,25,26);2*2-3,8-9,12,16H,4-7,11H2,1H3,(H,23,24,25)/i2D2,3D2,4D2,5D2,6D,7D,8D,10D2,15D;3D,4D2,5D2,6D2,7D2,8D,9D,11D2,12D,16D;3D,4D2,5D2,6D2,7D2,8D,9D,11D2,16D/hD3. The minimum atomic E-state index is -4.08.